The predicted molar refractivity (Wildman–Crippen MR) is 72.6 cm³/mol. The molecule has 0 N–H and O–H groups in total. The summed E-state index contributed by atoms with van der Waals surface area (Å²) in [7, 11) is 3.46. The number of aromatic nitrogens is 7. The van der Waals surface area contributed by atoms with Crippen molar-refractivity contribution in [3.05, 3.63) is 33.0 Å². The van der Waals surface area contributed by atoms with Gasteiger partial charge in [0.2, 0.25) is 0 Å². The van der Waals surface area contributed by atoms with Crippen molar-refractivity contribution in [2.75, 3.05) is 0 Å². The van der Waals surface area contributed by atoms with Gasteiger partial charge in [-0.1, -0.05) is 16.8 Å². The Labute approximate surface area is 118 Å². The molecule has 0 unspecified atom stereocenters. The van der Waals surface area contributed by atoms with Gasteiger partial charge in [0.25, 0.3) is 5.56 Å². The topological polar surface area (TPSA) is 83.4 Å². The molecule has 0 aromatic carbocycles. The first-order valence-corrected chi connectivity index (χ1v) is 6.30. The van der Waals surface area contributed by atoms with Gasteiger partial charge >= 0.3 is 0 Å². The summed E-state index contributed by atoms with van der Waals surface area (Å²) < 4.78 is 4.34. The highest BCUT2D eigenvalue weighted by molar-refractivity contribution is 6.30. The van der Waals surface area contributed by atoms with Gasteiger partial charge in [0.1, 0.15) is 10.5 Å². The fourth-order valence-electron chi connectivity index (χ4n) is 2.08. The Morgan fingerprint density at radius 3 is 2.70 bits per heavy atom. The summed E-state index contributed by atoms with van der Waals surface area (Å²) in [6.45, 7) is 2.07. The van der Waals surface area contributed by atoms with E-state index in [1.165, 1.54) is 15.6 Å². The molecule has 104 valence electrons. The molecule has 3 heterocycles. The molecule has 20 heavy (non-hydrogen) atoms. The average Bonchev–Trinajstić information content (AvgIpc) is 2.89. The normalized spacial score (nSPS) is 11.4. The molecular weight excluding hydrogens is 282 g/mol. The van der Waals surface area contributed by atoms with Crippen molar-refractivity contribution in [1.29, 1.82) is 0 Å². The van der Waals surface area contributed by atoms with Gasteiger partial charge in [-0.2, -0.15) is 10.2 Å². The van der Waals surface area contributed by atoms with Gasteiger partial charge in [0.05, 0.1) is 18.4 Å². The summed E-state index contributed by atoms with van der Waals surface area (Å²) in [5.41, 5.74) is 1.73. The smallest absolute Gasteiger partial charge is 0.267 e. The van der Waals surface area contributed by atoms with Crippen LogP contribution in [0.2, 0.25) is 5.15 Å². The van der Waals surface area contributed by atoms with Crippen LogP contribution in [0.4, 0.5) is 0 Å². The molecule has 0 aliphatic rings. The molecule has 8 nitrogen and oxygen atoms in total. The molecule has 0 aliphatic heterocycles. The van der Waals surface area contributed by atoms with Gasteiger partial charge in [0.15, 0.2) is 5.65 Å². The second-order valence-corrected chi connectivity index (χ2v) is 4.89. The van der Waals surface area contributed by atoms with Crippen LogP contribution < -0.4 is 5.56 Å². The van der Waals surface area contributed by atoms with Crippen molar-refractivity contribution in [3.8, 4) is 0 Å². The lowest BCUT2D eigenvalue weighted by Gasteiger charge is -2.03. The van der Waals surface area contributed by atoms with E-state index in [1.807, 2.05) is 6.92 Å². The third-order valence-corrected chi connectivity index (χ3v) is 3.67. The van der Waals surface area contributed by atoms with Crippen LogP contribution >= 0.6 is 11.6 Å². The number of aryl methyl sites for hydroxylation is 3. The molecule has 0 spiro atoms. The van der Waals surface area contributed by atoms with Gasteiger partial charge in [0, 0.05) is 19.7 Å². The summed E-state index contributed by atoms with van der Waals surface area (Å²) >= 11 is 6.16. The summed E-state index contributed by atoms with van der Waals surface area (Å²) in [5, 5.41) is 17.1. The highest BCUT2D eigenvalue weighted by Crippen LogP contribution is 2.19. The zero-order chi connectivity index (χ0) is 14.4. The first kappa shape index (κ1) is 12.8. The quantitative estimate of drug-likeness (QED) is 0.677. The SMILES string of the molecule is Cc1nn(C)c(Cl)c1Cn1nnc2c(cnn2C)c1=O. The minimum Gasteiger partial charge on any atom is -0.267 e. The number of nitrogens with zero attached hydrogens (tertiary/aromatic N) is 7. The van der Waals surface area contributed by atoms with Gasteiger partial charge < -0.3 is 0 Å². The summed E-state index contributed by atoms with van der Waals surface area (Å²) in [5.74, 6) is 0. The Bertz CT molecular complexity index is 860. The second-order valence-electron chi connectivity index (χ2n) is 4.54. The highest BCUT2D eigenvalue weighted by Gasteiger charge is 2.15. The molecule has 0 radical (unpaired) electrons. The lowest BCUT2D eigenvalue weighted by atomic mass is 10.2. The van der Waals surface area contributed by atoms with Crippen molar-refractivity contribution in [1.82, 2.24) is 34.6 Å². The van der Waals surface area contributed by atoms with Gasteiger partial charge in [-0.05, 0) is 6.92 Å². The molecule has 0 saturated carbocycles. The Balaban J connectivity index is 2.12. The van der Waals surface area contributed by atoms with Crippen molar-refractivity contribution in [2.45, 2.75) is 13.5 Å². The number of hydrogen-bond donors (Lipinski definition) is 0. The maximum absolute atomic E-state index is 12.3. The molecule has 9 heteroatoms. The highest BCUT2D eigenvalue weighted by atomic mass is 35.5. The molecule has 3 rings (SSSR count). The van der Waals surface area contributed by atoms with Crippen LogP contribution in [0.15, 0.2) is 11.0 Å². The van der Waals surface area contributed by atoms with Crippen molar-refractivity contribution in [2.24, 2.45) is 14.1 Å². The van der Waals surface area contributed by atoms with E-state index in [0.29, 0.717) is 16.2 Å². The molecule has 0 saturated heterocycles. The maximum atomic E-state index is 12.3. The summed E-state index contributed by atoms with van der Waals surface area (Å²) in [6, 6.07) is 0. The largest absolute Gasteiger partial charge is 0.281 e. The van der Waals surface area contributed by atoms with Crippen LogP contribution in [0.3, 0.4) is 0 Å². The molecule has 0 atom stereocenters. The minimum atomic E-state index is -0.248. The van der Waals surface area contributed by atoms with Crippen LogP contribution in [-0.2, 0) is 20.6 Å². The lowest BCUT2D eigenvalue weighted by molar-refractivity contribution is 0.593. The van der Waals surface area contributed by atoms with Crippen molar-refractivity contribution < 1.29 is 0 Å². The molecule has 0 fully saturated rings. The van der Waals surface area contributed by atoms with E-state index >= 15 is 0 Å². The average molecular weight is 294 g/mol. The maximum Gasteiger partial charge on any atom is 0.281 e. The molecule has 3 aromatic heterocycles. The second kappa shape index (κ2) is 4.41. The number of halogens is 1. The summed E-state index contributed by atoms with van der Waals surface area (Å²) in [4.78, 5) is 12.3. The molecule has 0 aliphatic carbocycles. The minimum absolute atomic E-state index is 0.231. The van der Waals surface area contributed by atoms with Crippen molar-refractivity contribution >= 4 is 22.6 Å². The van der Waals surface area contributed by atoms with Crippen LogP contribution in [0.1, 0.15) is 11.3 Å². The fourth-order valence-corrected chi connectivity index (χ4v) is 2.32. The van der Waals surface area contributed by atoms with Crippen LogP contribution in [0.25, 0.3) is 11.0 Å². The van der Waals surface area contributed by atoms with Crippen LogP contribution in [0.5, 0.6) is 0 Å². The molecule has 0 amide bonds. The van der Waals surface area contributed by atoms with E-state index in [1.54, 1.807) is 18.8 Å². The lowest BCUT2D eigenvalue weighted by Crippen LogP contribution is -2.25. The van der Waals surface area contributed by atoms with E-state index < -0.39 is 0 Å². The van der Waals surface area contributed by atoms with Gasteiger partial charge in [-0.15, -0.1) is 5.10 Å². The van der Waals surface area contributed by atoms with E-state index in [4.69, 9.17) is 11.6 Å². The fraction of sp³-hybridized carbons (Fsp3) is 0.364. The summed E-state index contributed by atoms with van der Waals surface area (Å²) in [6.07, 6.45) is 1.49. The Kier molecular flexibility index (Phi) is 2.82. The van der Waals surface area contributed by atoms with Gasteiger partial charge in [-0.3, -0.25) is 9.48 Å². The standard InChI is InChI=1S/C11H12ClN7O/c1-6-8(9(12)17(2)15-6)5-19-11(20)7-4-13-18(3)10(7)14-16-19/h4H,5H2,1-3H3. The predicted octanol–water partition coefficient (Wildman–Crippen LogP) is 0.269. The zero-order valence-corrected chi connectivity index (χ0v) is 12.0. The third kappa shape index (κ3) is 1.80. The Morgan fingerprint density at radius 2 is 2.05 bits per heavy atom. The number of hydrogen-bond acceptors (Lipinski definition) is 5. The Morgan fingerprint density at radius 1 is 1.30 bits per heavy atom. The molecule has 0 bridgehead atoms. The molecular formula is C11H12ClN7O. The molecule has 3 aromatic rings. The zero-order valence-electron chi connectivity index (χ0n) is 11.2. The van der Waals surface area contributed by atoms with Gasteiger partial charge in [-0.25, -0.2) is 9.36 Å². The first-order chi connectivity index (χ1) is 9.49. The first-order valence-electron chi connectivity index (χ1n) is 5.92. The van der Waals surface area contributed by atoms with Crippen LogP contribution in [-0.4, -0.2) is 34.6 Å². The third-order valence-electron chi connectivity index (χ3n) is 3.20. The van der Waals surface area contributed by atoms with E-state index in [9.17, 15) is 4.79 Å². The van der Waals surface area contributed by atoms with E-state index in [2.05, 4.69) is 20.5 Å². The number of fused-ring (bicyclic) bond motifs is 1. The Hall–Kier alpha value is -2.22. The van der Waals surface area contributed by atoms with E-state index in [0.717, 1.165) is 11.3 Å². The van der Waals surface area contributed by atoms with Crippen molar-refractivity contribution in [3.63, 3.8) is 0 Å². The monoisotopic (exact) mass is 293 g/mol. The number of rotatable bonds is 2. The van der Waals surface area contributed by atoms with E-state index in [-0.39, 0.29) is 12.1 Å². The van der Waals surface area contributed by atoms with Crippen LogP contribution in [0, 0.1) is 6.92 Å².